The minimum Gasteiger partial charge on any atom is -0.493 e. The van der Waals surface area contributed by atoms with Crippen LogP contribution in [0.5, 0.6) is 5.88 Å². The monoisotopic (exact) mass is 217 g/mol. The highest BCUT2D eigenvalue weighted by atomic mass is 16.3. The number of amides is 1. The van der Waals surface area contributed by atoms with Crippen molar-refractivity contribution in [3.05, 3.63) is 23.8 Å². The maximum Gasteiger partial charge on any atom is 0.261 e. The Morgan fingerprint density at radius 3 is 2.88 bits per heavy atom. The molecule has 0 aliphatic rings. The van der Waals surface area contributed by atoms with Crippen LogP contribution in [0.4, 0.5) is 5.69 Å². The Hall–Kier alpha value is -2.17. The molecule has 2 aromatic rings. The van der Waals surface area contributed by atoms with Crippen LogP contribution in [-0.4, -0.2) is 16.0 Å². The zero-order valence-electron chi connectivity index (χ0n) is 8.98. The molecule has 5 nitrogen and oxygen atoms in total. The number of aromatic hydroxyl groups is 1. The number of rotatable bonds is 1. The first kappa shape index (κ1) is 10.4. The highest BCUT2D eigenvalue weighted by Gasteiger charge is 2.10. The number of benzene rings is 1. The van der Waals surface area contributed by atoms with E-state index in [-0.39, 0.29) is 5.88 Å². The fourth-order valence-corrected chi connectivity index (χ4v) is 1.50. The molecule has 0 aliphatic heterocycles. The molecule has 2 N–H and O–H groups in total. The summed E-state index contributed by atoms with van der Waals surface area (Å²) in [5.41, 5.74) is 2.14. The maximum atomic E-state index is 10.7. The van der Waals surface area contributed by atoms with Crippen LogP contribution in [0.25, 0.3) is 10.9 Å². The van der Waals surface area contributed by atoms with Crippen molar-refractivity contribution in [1.82, 2.24) is 4.98 Å². The van der Waals surface area contributed by atoms with Crippen LogP contribution >= 0.6 is 0 Å². The Bertz CT molecular complexity index is 584. The number of aromatic amines is 1. The van der Waals surface area contributed by atoms with E-state index >= 15 is 0 Å². The Morgan fingerprint density at radius 2 is 2.19 bits per heavy atom. The number of hydrogen-bond acceptors (Lipinski definition) is 3. The van der Waals surface area contributed by atoms with Gasteiger partial charge in [-0.2, -0.15) is 0 Å². The van der Waals surface area contributed by atoms with Crippen molar-refractivity contribution in [2.45, 2.75) is 13.8 Å². The smallest absolute Gasteiger partial charge is 0.261 e. The third kappa shape index (κ3) is 1.79. The number of H-pyrrole nitrogens is 1. The Kier molecular flexibility index (Phi) is 2.44. The van der Waals surface area contributed by atoms with Gasteiger partial charge in [0.05, 0.1) is 5.52 Å². The molecule has 0 unspecified atom stereocenters. The van der Waals surface area contributed by atoms with Gasteiger partial charge in [-0.3, -0.25) is 4.79 Å². The third-order valence-corrected chi connectivity index (χ3v) is 2.20. The van der Waals surface area contributed by atoms with E-state index in [1.807, 2.05) is 25.1 Å². The molecule has 0 saturated carbocycles. The van der Waals surface area contributed by atoms with Gasteiger partial charge in [-0.15, -0.1) is 10.2 Å². The van der Waals surface area contributed by atoms with Gasteiger partial charge < -0.3 is 10.1 Å². The van der Waals surface area contributed by atoms with E-state index in [4.69, 9.17) is 0 Å². The molecule has 0 spiro atoms. The number of azo groups is 1. The van der Waals surface area contributed by atoms with E-state index in [1.54, 1.807) is 0 Å². The van der Waals surface area contributed by atoms with Gasteiger partial charge in [-0.1, -0.05) is 12.1 Å². The molecule has 0 fully saturated rings. The average molecular weight is 217 g/mol. The molecule has 5 heteroatoms. The molecule has 1 aromatic heterocycles. The summed E-state index contributed by atoms with van der Waals surface area (Å²) >= 11 is 0. The highest BCUT2D eigenvalue weighted by molar-refractivity contribution is 5.94. The van der Waals surface area contributed by atoms with E-state index in [0.717, 1.165) is 16.5 Å². The van der Waals surface area contributed by atoms with E-state index < -0.39 is 5.91 Å². The van der Waals surface area contributed by atoms with Gasteiger partial charge in [-0.05, 0) is 18.6 Å². The lowest BCUT2D eigenvalue weighted by Crippen LogP contribution is -1.77. The fourth-order valence-electron chi connectivity index (χ4n) is 1.50. The molecule has 1 aromatic carbocycles. The summed E-state index contributed by atoms with van der Waals surface area (Å²) in [7, 11) is 0. The Morgan fingerprint density at radius 1 is 1.44 bits per heavy atom. The second-order valence-electron chi connectivity index (χ2n) is 3.59. The van der Waals surface area contributed by atoms with Crippen molar-refractivity contribution < 1.29 is 9.90 Å². The molecular weight excluding hydrogens is 206 g/mol. The van der Waals surface area contributed by atoms with Crippen molar-refractivity contribution in [2.24, 2.45) is 10.2 Å². The predicted octanol–water partition coefficient (Wildman–Crippen LogP) is 2.81. The van der Waals surface area contributed by atoms with Crippen LogP contribution in [0.2, 0.25) is 0 Å². The summed E-state index contributed by atoms with van der Waals surface area (Å²) in [6.07, 6.45) is 0. The topological polar surface area (TPSA) is 77.8 Å². The maximum absolute atomic E-state index is 10.7. The minimum atomic E-state index is -0.402. The first-order valence-corrected chi connectivity index (χ1v) is 4.81. The number of carbonyl (C=O) groups is 1. The Labute approximate surface area is 91.8 Å². The third-order valence-electron chi connectivity index (χ3n) is 2.20. The molecule has 0 saturated heterocycles. The zero-order chi connectivity index (χ0) is 11.7. The Balaban J connectivity index is 2.60. The number of carbonyl (C=O) groups excluding carboxylic acids is 1. The predicted molar refractivity (Wildman–Crippen MR) is 59.9 cm³/mol. The number of nitrogens with zero attached hydrogens (tertiary/aromatic N) is 2. The SMILES string of the molecule is CC(=O)N=Nc1c(O)[nH]c2cc(C)ccc12. The molecule has 0 radical (unpaired) electrons. The van der Waals surface area contributed by atoms with Crippen molar-refractivity contribution in [3.8, 4) is 5.88 Å². The van der Waals surface area contributed by atoms with Crippen molar-refractivity contribution in [1.29, 1.82) is 0 Å². The molecule has 82 valence electrons. The molecule has 16 heavy (non-hydrogen) atoms. The quantitative estimate of drug-likeness (QED) is 0.720. The van der Waals surface area contributed by atoms with Gasteiger partial charge >= 0.3 is 0 Å². The number of nitrogens with one attached hydrogen (secondary N) is 1. The molecule has 1 amide bonds. The summed E-state index contributed by atoms with van der Waals surface area (Å²) in [5, 5.41) is 17.5. The highest BCUT2D eigenvalue weighted by Crippen LogP contribution is 2.35. The van der Waals surface area contributed by atoms with Crippen LogP contribution in [0, 0.1) is 6.92 Å². The molecule has 0 bridgehead atoms. The standard InChI is InChI=1S/C11H11N3O2/c1-6-3-4-8-9(5-6)12-11(16)10(8)14-13-7(2)15/h3-5,12,16H,1-2H3. The van der Waals surface area contributed by atoms with Crippen molar-refractivity contribution in [3.63, 3.8) is 0 Å². The number of aryl methyl sites for hydroxylation is 1. The van der Waals surface area contributed by atoms with Gasteiger partial charge in [0.2, 0.25) is 5.88 Å². The minimum absolute atomic E-state index is 0.0781. The first-order valence-electron chi connectivity index (χ1n) is 4.81. The molecule has 0 aliphatic carbocycles. The zero-order valence-corrected chi connectivity index (χ0v) is 8.98. The normalized spacial score (nSPS) is 11.4. The average Bonchev–Trinajstić information content (AvgIpc) is 2.50. The number of hydrogen-bond donors (Lipinski definition) is 2. The van der Waals surface area contributed by atoms with Crippen molar-refractivity contribution in [2.75, 3.05) is 0 Å². The number of fused-ring (bicyclic) bond motifs is 1. The fraction of sp³-hybridized carbons (Fsp3) is 0.182. The number of aromatic nitrogens is 1. The van der Waals surface area contributed by atoms with Crippen LogP contribution in [0.15, 0.2) is 28.4 Å². The van der Waals surface area contributed by atoms with Gasteiger partial charge in [0.1, 0.15) is 0 Å². The first-order chi connectivity index (χ1) is 7.58. The second kappa shape index (κ2) is 3.77. The van der Waals surface area contributed by atoms with Gasteiger partial charge in [0, 0.05) is 12.3 Å². The van der Waals surface area contributed by atoms with E-state index in [0.29, 0.717) is 5.69 Å². The van der Waals surface area contributed by atoms with Crippen LogP contribution in [0.1, 0.15) is 12.5 Å². The van der Waals surface area contributed by atoms with Crippen LogP contribution in [0.3, 0.4) is 0 Å². The summed E-state index contributed by atoms with van der Waals surface area (Å²) in [6, 6.07) is 5.62. The lowest BCUT2D eigenvalue weighted by atomic mass is 10.2. The molecule has 2 rings (SSSR count). The lowest BCUT2D eigenvalue weighted by molar-refractivity contribution is -0.116. The summed E-state index contributed by atoms with van der Waals surface area (Å²) < 4.78 is 0. The largest absolute Gasteiger partial charge is 0.493 e. The van der Waals surface area contributed by atoms with Gasteiger partial charge in [0.25, 0.3) is 5.91 Å². The van der Waals surface area contributed by atoms with Gasteiger partial charge in [-0.25, -0.2) is 0 Å². The molecule has 0 atom stereocenters. The van der Waals surface area contributed by atoms with Gasteiger partial charge in [0.15, 0.2) is 5.69 Å². The molecule has 1 heterocycles. The molecular formula is C11H11N3O2. The summed E-state index contributed by atoms with van der Waals surface area (Å²) in [5.74, 6) is -0.480. The van der Waals surface area contributed by atoms with E-state index in [1.165, 1.54) is 6.92 Å². The lowest BCUT2D eigenvalue weighted by Gasteiger charge is -1.92. The summed E-state index contributed by atoms with van der Waals surface area (Å²) in [6.45, 7) is 3.26. The van der Waals surface area contributed by atoms with Crippen molar-refractivity contribution >= 4 is 22.5 Å². The second-order valence-corrected chi connectivity index (χ2v) is 3.59. The van der Waals surface area contributed by atoms with E-state index in [2.05, 4.69) is 15.2 Å². The van der Waals surface area contributed by atoms with Crippen LogP contribution in [-0.2, 0) is 4.79 Å². The van der Waals surface area contributed by atoms with E-state index in [9.17, 15) is 9.90 Å². The van der Waals surface area contributed by atoms with Crippen LogP contribution < -0.4 is 0 Å². The summed E-state index contributed by atoms with van der Waals surface area (Å²) in [4.78, 5) is 13.5.